The first-order valence-electron chi connectivity index (χ1n) is 7.97. The van der Waals surface area contributed by atoms with Crippen LogP contribution >= 0.6 is 0 Å². The largest absolute Gasteiger partial charge is 0.316 e. The van der Waals surface area contributed by atoms with Gasteiger partial charge in [-0.05, 0) is 64.0 Å². The highest BCUT2D eigenvalue weighted by Crippen LogP contribution is 2.41. The maximum absolute atomic E-state index is 3.56. The zero-order valence-electron chi connectivity index (χ0n) is 12.8. The molecule has 0 radical (unpaired) electrons. The van der Waals surface area contributed by atoms with Crippen LogP contribution in [0.5, 0.6) is 0 Å². The minimum atomic E-state index is 0.520. The second-order valence-corrected chi connectivity index (χ2v) is 7.40. The van der Waals surface area contributed by atoms with Crippen LogP contribution in [-0.2, 0) is 0 Å². The van der Waals surface area contributed by atoms with Gasteiger partial charge in [0.05, 0.1) is 0 Å². The molecule has 1 heterocycles. The topological polar surface area (TPSA) is 15.3 Å². The van der Waals surface area contributed by atoms with Crippen LogP contribution < -0.4 is 5.32 Å². The standard InChI is InChI=1S/C16H32N2/c1-13(2)18(12-14-7-6-10-17-11-14)15-8-5-9-16(15,3)4/h13-15,17H,5-12H2,1-4H3. The van der Waals surface area contributed by atoms with Gasteiger partial charge in [-0.2, -0.15) is 0 Å². The van der Waals surface area contributed by atoms with Crippen molar-refractivity contribution in [3.63, 3.8) is 0 Å². The van der Waals surface area contributed by atoms with Gasteiger partial charge < -0.3 is 5.32 Å². The average Bonchev–Trinajstić information content (AvgIpc) is 2.67. The number of hydrogen-bond donors (Lipinski definition) is 1. The maximum Gasteiger partial charge on any atom is 0.0149 e. The number of hydrogen-bond acceptors (Lipinski definition) is 2. The highest BCUT2D eigenvalue weighted by atomic mass is 15.2. The SMILES string of the molecule is CC(C)N(CC1CCCNC1)C1CCCC1(C)C. The zero-order chi connectivity index (χ0) is 13.2. The van der Waals surface area contributed by atoms with E-state index in [-0.39, 0.29) is 0 Å². The molecule has 2 atom stereocenters. The molecule has 0 spiro atoms. The number of rotatable bonds is 4. The van der Waals surface area contributed by atoms with Gasteiger partial charge in [-0.1, -0.05) is 20.3 Å². The fourth-order valence-corrected chi connectivity index (χ4v) is 4.00. The molecule has 0 aromatic rings. The van der Waals surface area contributed by atoms with Crippen LogP contribution in [0.15, 0.2) is 0 Å². The first-order chi connectivity index (χ1) is 8.50. The Kier molecular flexibility index (Phi) is 4.71. The van der Waals surface area contributed by atoms with E-state index in [0.29, 0.717) is 11.5 Å². The molecular weight excluding hydrogens is 220 g/mol. The van der Waals surface area contributed by atoms with Gasteiger partial charge in [0.1, 0.15) is 0 Å². The lowest BCUT2D eigenvalue weighted by atomic mass is 9.85. The molecule has 1 aliphatic heterocycles. The molecule has 2 rings (SSSR count). The first-order valence-corrected chi connectivity index (χ1v) is 7.97. The van der Waals surface area contributed by atoms with Crippen LogP contribution in [0.1, 0.15) is 59.8 Å². The summed E-state index contributed by atoms with van der Waals surface area (Å²) in [6.45, 7) is 13.5. The highest BCUT2D eigenvalue weighted by molar-refractivity contribution is 4.93. The Hall–Kier alpha value is -0.0800. The van der Waals surface area contributed by atoms with Crippen molar-refractivity contribution in [2.75, 3.05) is 19.6 Å². The Morgan fingerprint density at radius 2 is 2.00 bits per heavy atom. The van der Waals surface area contributed by atoms with Crippen LogP contribution in [0.2, 0.25) is 0 Å². The van der Waals surface area contributed by atoms with Crippen LogP contribution in [0.4, 0.5) is 0 Å². The van der Waals surface area contributed by atoms with Crippen molar-refractivity contribution in [2.24, 2.45) is 11.3 Å². The van der Waals surface area contributed by atoms with E-state index in [1.165, 1.54) is 51.7 Å². The van der Waals surface area contributed by atoms with Crippen molar-refractivity contribution in [3.8, 4) is 0 Å². The summed E-state index contributed by atoms with van der Waals surface area (Å²) in [7, 11) is 0. The second kappa shape index (κ2) is 5.92. The minimum Gasteiger partial charge on any atom is -0.316 e. The summed E-state index contributed by atoms with van der Waals surface area (Å²) in [5, 5.41) is 3.56. The van der Waals surface area contributed by atoms with E-state index in [9.17, 15) is 0 Å². The molecule has 0 aromatic carbocycles. The zero-order valence-corrected chi connectivity index (χ0v) is 12.8. The number of piperidine rings is 1. The molecule has 106 valence electrons. The van der Waals surface area contributed by atoms with E-state index in [1.54, 1.807) is 0 Å². The molecule has 2 unspecified atom stereocenters. The van der Waals surface area contributed by atoms with Crippen LogP contribution in [0.25, 0.3) is 0 Å². The average molecular weight is 252 g/mol. The molecule has 0 aromatic heterocycles. The molecule has 2 nitrogen and oxygen atoms in total. The fraction of sp³-hybridized carbons (Fsp3) is 1.00. The summed E-state index contributed by atoms with van der Waals surface area (Å²) in [4.78, 5) is 2.81. The maximum atomic E-state index is 3.56. The Labute approximate surface area is 114 Å². The first kappa shape index (κ1) is 14.3. The van der Waals surface area contributed by atoms with Crippen molar-refractivity contribution < 1.29 is 0 Å². The highest BCUT2D eigenvalue weighted by Gasteiger charge is 2.39. The normalized spacial score (nSPS) is 32.3. The quantitative estimate of drug-likeness (QED) is 0.826. The van der Waals surface area contributed by atoms with E-state index in [4.69, 9.17) is 0 Å². The van der Waals surface area contributed by atoms with E-state index in [1.807, 2.05) is 0 Å². The molecule has 0 bridgehead atoms. The molecule has 1 saturated heterocycles. The molecule has 1 aliphatic carbocycles. The summed E-state index contributed by atoms with van der Waals surface area (Å²) in [6, 6.07) is 1.49. The third kappa shape index (κ3) is 3.27. The van der Waals surface area contributed by atoms with E-state index in [2.05, 4.69) is 37.9 Å². The Bertz CT molecular complexity index is 254. The molecule has 2 fully saturated rings. The van der Waals surface area contributed by atoms with Crippen LogP contribution in [0.3, 0.4) is 0 Å². The summed E-state index contributed by atoms with van der Waals surface area (Å²) in [5.74, 6) is 0.873. The lowest BCUT2D eigenvalue weighted by Crippen LogP contribution is -2.49. The molecule has 1 saturated carbocycles. The van der Waals surface area contributed by atoms with E-state index >= 15 is 0 Å². The van der Waals surface area contributed by atoms with Gasteiger partial charge in [-0.25, -0.2) is 0 Å². The van der Waals surface area contributed by atoms with Gasteiger partial charge in [0, 0.05) is 18.6 Å². The lowest BCUT2D eigenvalue weighted by Gasteiger charge is -2.42. The number of nitrogens with one attached hydrogen (secondary N) is 1. The molecule has 2 heteroatoms. The summed E-state index contributed by atoms with van der Waals surface area (Å²) in [6.07, 6.45) is 7.02. The van der Waals surface area contributed by atoms with Gasteiger partial charge in [0.25, 0.3) is 0 Å². The van der Waals surface area contributed by atoms with Gasteiger partial charge in [0.15, 0.2) is 0 Å². The molecule has 2 aliphatic rings. The van der Waals surface area contributed by atoms with Crippen molar-refractivity contribution in [3.05, 3.63) is 0 Å². The van der Waals surface area contributed by atoms with Crippen LogP contribution in [-0.4, -0.2) is 36.6 Å². The second-order valence-electron chi connectivity index (χ2n) is 7.40. The minimum absolute atomic E-state index is 0.520. The monoisotopic (exact) mass is 252 g/mol. The van der Waals surface area contributed by atoms with Crippen molar-refractivity contribution in [1.29, 1.82) is 0 Å². The predicted octanol–water partition coefficient (Wildman–Crippen LogP) is 3.28. The summed E-state index contributed by atoms with van der Waals surface area (Å²) in [5.41, 5.74) is 0.520. The Morgan fingerprint density at radius 3 is 2.50 bits per heavy atom. The van der Waals surface area contributed by atoms with Gasteiger partial charge in [0.2, 0.25) is 0 Å². The van der Waals surface area contributed by atoms with Gasteiger partial charge in [-0.15, -0.1) is 0 Å². The van der Waals surface area contributed by atoms with Gasteiger partial charge in [-0.3, -0.25) is 4.90 Å². The van der Waals surface area contributed by atoms with Gasteiger partial charge >= 0.3 is 0 Å². The molecular formula is C16H32N2. The molecule has 0 amide bonds. The Balaban J connectivity index is 1.99. The fourth-order valence-electron chi connectivity index (χ4n) is 4.00. The third-order valence-corrected chi connectivity index (χ3v) is 5.13. The summed E-state index contributed by atoms with van der Waals surface area (Å²) >= 11 is 0. The van der Waals surface area contributed by atoms with Crippen molar-refractivity contribution in [2.45, 2.75) is 71.9 Å². The van der Waals surface area contributed by atoms with E-state index < -0.39 is 0 Å². The van der Waals surface area contributed by atoms with Crippen LogP contribution in [0, 0.1) is 11.3 Å². The molecule has 18 heavy (non-hydrogen) atoms. The smallest absolute Gasteiger partial charge is 0.0149 e. The molecule has 1 N–H and O–H groups in total. The summed E-state index contributed by atoms with van der Waals surface area (Å²) < 4.78 is 0. The number of nitrogens with zero attached hydrogens (tertiary/aromatic N) is 1. The lowest BCUT2D eigenvalue weighted by molar-refractivity contribution is 0.0619. The van der Waals surface area contributed by atoms with Crippen molar-refractivity contribution in [1.82, 2.24) is 10.2 Å². The Morgan fingerprint density at radius 1 is 1.22 bits per heavy atom. The third-order valence-electron chi connectivity index (χ3n) is 5.13. The van der Waals surface area contributed by atoms with Crippen molar-refractivity contribution >= 4 is 0 Å². The van der Waals surface area contributed by atoms with E-state index in [0.717, 1.165) is 12.0 Å². The predicted molar refractivity (Wildman–Crippen MR) is 78.9 cm³/mol.